The van der Waals surface area contributed by atoms with E-state index in [1.807, 2.05) is 12.2 Å². The Bertz CT molecular complexity index is 712. The lowest BCUT2D eigenvalue weighted by Crippen LogP contribution is -2.56. The van der Waals surface area contributed by atoms with Crippen LogP contribution < -0.4 is 0 Å². The minimum atomic E-state index is -0.425. The van der Waals surface area contributed by atoms with Gasteiger partial charge in [0.05, 0.1) is 24.1 Å². The number of allylic oxidation sites excluding steroid dienone is 4. The molecule has 4 N–H and O–H groups in total. The quantitative estimate of drug-likeness (QED) is 0.347. The molecule has 2 unspecified atom stereocenters. The molecule has 0 spiro atoms. The fraction of sp³-hybridized carbons (Fsp3) is 0.714. The molecule has 5 nitrogen and oxygen atoms in total. The van der Waals surface area contributed by atoms with Gasteiger partial charge in [-0.05, 0) is 61.5 Å². The van der Waals surface area contributed by atoms with E-state index in [2.05, 4.69) is 25.1 Å². The standard InChI is InChI=1S/C21H30N2O3/c1-20-8-7-13(22)9-12(20)3-4-14-15-5-6-16(17(11-24)23-26)21(15,2)10-18(25)19(14)20/h7-9,14-16,18-19,22,24-26H,3-6,10-11H2,1-2H3/b22-13?,23-17+/t14-,15?,16+,18-,19?,20-,21-/m0/s1. The third-order valence-electron chi connectivity index (χ3n) is 8.21. The van der Waals surface area contributed by atoms with Gasteiger partial charge in [0.1, 0.15) is 0 Å². The highest BCUT2D eigenvalue weighted by Crippen LogP contribution is 2.66. The first kappa shape index (κ1) is 17.9. The normalized spacial score (nSPS) is 47.8. The van der Waals surface area contributed by atoms with Crippen molar-refractivity contribution in [2.45, 2.75) is 52.1 Å². The number of aliphatic hydroxyl groups is 2. The summed E-state index contributed by atoms with van der Waals surface area (Å²) in [7, 11) is 0. The highest BCUT2D eigenvalue weighted by atomic mass is 16.4. The Morgan fingerprint density at radius 2 is 2.08 bits per heavy atom. The smallest absolute Gasteiger partial charge is 0.0860 e. The van der Waals surface area contributed by atoms with Gasteiger partial charge in [-0.2, -0.15) is 0 Å². The number of oxime groups is 1. The second kappa shape index (κ2) is 6.03. The van der Waals surface area contributed by atoms with Crippen LogP contribution in [0.1, 0.15) is 46.0 Å². The van der Waals surface area contributed by atoms with Gasteiger partial charge in [-0.3, -0.25) is 0 Å². The molecule has 0 aromatic heterocycles. The lowest BCUT2D eigenvalue weighted by atomic mass is 9.46. The van der Waals surface area contributed by atoms with Crippen molar-refractivity contribution in [2.75, 3.05) is 6.61 Å². The number of hydrogen-bond acceptors (Lipinski definition) is 5. The largest absolute Gasteiger partial charge is 0.411 e. The van der Waals surface area contributed by atoms with Gasteiger partial charge in [-0.25, -0.2) is 0 Å². The molecule has 4 aliphatic rings. The van der Waals surface area contributed by atoms with Crippen molar-refractivity contribution in [3.05, 3.63) is 23.8 Å². The van der Waals surface area contributed by atoms with Crippen LogP contribution in [0, 0.1) is 39.9 Å². The maximum atomic E-state index is 11.3. The summed E-state index contributed by atoms with van der Waals surface area (Å²) >= 11 is 0. The van der Waals surface area contributed by atoms with E-state index >= 15 is 0 Å². The summed E-state index contributed by atoms with van der Waals surface area (Å²) in [6.45, 7) is 4.23. The van der Waals surface area contributed by atoms with Crippen molar-refractivity contribution in [1.29, 1.82) is 5.41 Å². The highest BCUT2D eigenvalue weighted by Gasteiger charge is 2.62. The molecule has 3 saturated carbocycles. The molecule has 4 rings (SSSR count). The van der Waals surface area contributed by atoms with Crippen molar-refractivity contribution in [3.8, 4) is 0 Å². The van der Waals surface area contributed by atoms with Crippen molar-refractivity contribution in [1.82, 2.24) is 0 Å². The number of nitrogens with one attached hydrogen (secondary N) is 1. The SMILES string of the molecule is C[C@]12C=CC(=N)C=C1CC[C@@H]1C2[C@@H](O)C[C@@]2(C)C1CC[C@@H]2/C(CO)=N/O. The average Bonchev–Trinajstić information content (AvgIpc) is 2.93. The number of aliphatic hydroxyl groups excluding tert-OH is 2. The first-order chi connectivity index (χ1) is 12.3. The number of fused-ring (bicyclic) bond motifs is 5. The average molecular weight is 358 g/mol. The lowest BCUT2D eigenvalue weighted by molar-refractivity contribution is -0.109. The van der Waals surface area contributed by atoms with Crippen molar-refractivity contribution in [3.63, 3.8) is 0 Å². The lowest BCUT2D eigenvalue weighted by Gasteiger charge is -2.58. The Hall–Kier alpha value is -1.46. The maximum Gasteiger partial charge on any atom is 0.0860 e. The first-order valence-electron chi connectivity index (χ1n) is 9.83. The zero-order chi connectivity index (χ0) is 18.7. The minimum Gasteiger partial charge on any atom is -0.411 e. The van der Waals surface area contributed by atoms with Gasteiger partial charge in [0.2, 0.25) is 0 Å². The van der Waals surface area contributed by atoms with E-state index in [9.17, 15) is 15.4 Å². The summed E-state index contributed by atoms with van der Waals surface area (Å²) in [5.74, 6) is 1.11. The number of nitrogens with zero attached hydrogens (tertiary/aromatic N) is 1. The van der Waals surface area contributed by atoms with Gasteiger partial charge in [0.15, 0.2) is 0 Å². The third-order valence-corrected chi connectivity index (χ3v) is 8.21. The molecule has 7 atom stereocenters. The second-order valence-electron chi connectivity index (χ2n) is 9.23. The Morgan fingerprint density at radius 3 is 2.77 bits per heavy atom. The zero-order valence-corrected chi connectivity index (χ0v) is 15.7. The summed E-state index contributed by atoms with van der Waals surface area (Å²) in [5, 5.41) is 41.6. The number of hydrogen-bond donors (Lipinski definition) is 4. The van der Waals surface area contributed by atoms with E-state index in [1.165, 1.54) is 5.57 Å². The van der Waals surface area contributed by atoms with Crippen LogP contribution in [0.15, 0.2) is 29.0 Å². The van der Waals surface area contributed by atoms with Gasteiger partial charge >= 0.3 is 0 Å². The summed E-state index contributed by atoms with van der Waals surface area (Å²) < 4.78 is 0. The maximum absolute atomic E-state index is 11.3. The van der Waals surface area contributed by atoms with Crippen molar-refractivity contribution < 1.29 is 15.4 Å². The van der Waals surface area contributed by atoms with Crippen LogP contribution in [0.2, 0.25) is 0 Å². The second-order valence-corrected chi connectivity index (χ2v) is 9.23. The Balaban J connectivity index is 1.71. The molecule has 0 heterocycles. The van der Waals surface area contributed by atoms with Gasteiger partial charge in [0, 0.05) is 17.3 Å². The van der Waals surface area contributed by atoms with Gasteiger partial charge in [0.25, 0.3) is 0 Å². The van der Waals surface area contributed by atoms with E-state index in [4.69, 9.17) is 5.41 Å². The van der Waals surface area contributed by atoms with Crippen LogP contribution >= 0.6 is 0 Å². The van der Waals surface area contributed by atoms with E-state index < -0.39 is 6.10 Å². The summed E-state index contributed by atoms with van der Waals surface area (Å²) in [4.78, 5) is 0. The minimum absolute atomic E-state index is 0.0397. The first-order valence-corrected chi connectivity index (χ1v) is 9.83. The molecule has 4 aliphatic carbocycles. The molecule has 0 bridgehead atoms. The number of rotatable bonds is 2. The molecular formula is C21H30N2O3. The van der Waals surface area contributed by atoms with Crippen LogP contribution in [0.3, 0.4) is 0 Å². The molecule has 0 amide bonds. The molecule has 0 aromatic rings. The zero-order valence-electron chi connectivity index (χ0n) is 15.7. The Kier molecular flexibility index (Phi) is 4.16. The van der Waals surface area contributed by atoms with Crippen LogP contribution in [0.5, 0.6) is 0 Å². The molecule has 5 heteroatoms. The fourth-order valence-electron chi connectivity index (χ4n) is 7.11. The third kappa shape index (κ3) is 2.29. The van der Waals surface area contributed by atoms with Crippen molar-refractivity contribution in [2.24, 2.45) is 39.7 Å². The van der Waals surface area contributed by atoms with E-state index in [0.717, 1.165) is 25.7 Å². The summed E-state index contributed by atoms with van der Waals surface area (Å²) in [5.41, 5.74) is 2.01. The van der Waals surface area contributed by atoms with Gasteiger partial charge < -0.3 is 20.8 Å². The fourth-order valence-corrected chi connectivity index (χ4v) is 7.11. The molecule has 0 aromatic carbocycles. The highest BCUT2D eigenvalue weighted by molar-refractivity contribution is 6.03. The summed E-state index contributed by atoms with van der Waals surface area (Å²) in [6.07, 6.45) is 10.3. The molecule has 142 valence electrons. The van der Waals surface area contributed by atoms with E-state index in [0.29, 0.717) is 29.7 Å². The molecule has 0 saturated heterocycles. The van der Waals surface area contributed by atoms with Crippen LogP contribution in [0.25, 0.3) is 0 Å². The predicted octanol–water partition coefficient (Wildman–Crippen LogP) is 3.15. The predicted molar refractivity (Wildman–Crippen MR) is 101 cm³/mol. The van der Waals surface area contributed by atoms with Crippen molar-refractivity contribution >= 4 is 11.4 Å². The topological polar surface area (TPSA) is 96.9 Å². The van der Waals surface area contributed by atoms with Crippen LogP contribution in [-0.2, 0) is 0 Å². The molecule has 3 fully saturated rings. The Morgan fingerprint density at radius 1 is 1.31 bits per heavy atom. The van der Waals surface area contributed by atoms with Gasteiger partial charge in [-0.15, -0.1) is 0 Å². The van der Waals surface area contributed by atoms with E-state index in [-0.39, 0.29) is 29.3 Å². The Labute approximate surface area is 155 Å². The molecular weight excluding hydrogens is 328 g/mol. The van der Waals surface area contributed by atoms with Gasteiger partial charge in [-0.1, -0.05) is 30.7 Å². The monoisotopic (exact) mass is 358 g/mol. The molecule has 0 radical (unpaired) electrons. The van der Waals surface area contributed by atoms with Crippen LogP contribution in [0.4, 0.5) is 0 Å². The molecule has 0 aliphatic heterocycles. The van der Waals surface area contributed by atoms with Crippen LogP contribution in [-0.4, -0.2) is 39.6 Å². The summed E-state index contributed by atoms with van der Waals surface area (Å²) in [6, 6.07) is 0. The van der Waals surface area contributed by atoms with E-state index in [1.54, 1.807) is 0 Å². The molecule has 26 heavy (non-hydrogen) atoms.